The number of aliphatic hydroxyl groups is 1. The summed E-state index contributed by atoms with van der Waals surface area (Å²) < 4.78 is 0. The zero-order valence-electron chi connectivity index (χ0n) is 11.9. The van der Waals surface area contributed by atoms with Gasteiger partial charge >= 0.3 is 0 Å². The number of hydrogen-bond donors (Lipinski definition) is 1. The van der Waals surface area contributed by atoms with Crippen molar-refractivity contribution in [1.29, 1.82) is 0 Å². The zero-order chi connectivity index (χ0) is 14.8. The highest BCUT2D eigenvalue weighted by molar-refractivity contribution is 6.06. The molecule has 0 saturated heterocycles. The van der Waals surface area contributed by atoms with E-state index in [0.717, 1.165) is 11.1 Å². The molecule has 1 N–H and O–H groups in total. The van der Waals surface area contributed by atoms with Crippen molar-refractivity contribution in [2.24, 2.45) is 0 Å². The number of aryl methyl sites for hydroxylation is 1. The van der Waals surface area contributed by atoms with E-state index in [0.29, 0.717) is 0 Å². The Bertz CT molecular complexity index is 557. The maximum absolute atomic E-state index is 11.8. The van der Waals surface area contributed by atoms with Gasteiger partial charge in [-0.1, -0.05) is 60.7 Å². The second kappa shape index (κ2) is 8.83. The summed E-state index contributed by atoms with van der Waals surface area (Å²) in [6.45, 7) is 3.96. The molecule has 0 amide bonds. The lowest BCUT2D eigenvalue weighted by Gasteiger charge is -1.98. The fourth-order valence-corrected chi connectivity index (χ4v) is 1.64. The van der Waals surface area contributed by atoms with Crippen LogP contribution < -0.4 is 0 Å². The molecule has 0 aliphatic carbocycles. The van der Waals surface area contributed by atoms with Gasteiger partial charge in [0, 0.05) is 12.2 Å². The third-order valence-electron chi connectivity index (χ3n) is 2.66. The minimum absolute atomic E-state index is 0.0360. The largest absolute Gasteiger partial charge is 0.397 e. The molecule has 0 unspecified atom stereocenters. The molecule has 0 aliphatic rings. The number of allylic oxidation sites excluding steroid dienone is 1. The van der Waals surface area contributed by atoms with Gasteiger partial charge in [0.15, 0.2) is 5.78 Å². The normalized spacial score (nSPS) is 9.95. The van der Waals surface area contributed by atoms with Crippen LogP contribution in [-0.2, 0) is 0 Å². The number of benzene rings is 2. The van der Waals surface area contributed by atoms with Gasteiger partial charge in [0.1, 0.15) is 0 Å². The minimum atomic E-state index is 0.0360. The van der Waals surface area contributed by atoms with E-state index in [4.69, 9.17) is 5.11 Å². The van der Waals surface area contributed by atoms with E-state index in [9.17, 15) is 4.79 Å². The number of carbonyl (C=O) groups excluding carboxylic acids is 1. The Labute approximate surface area is 120 Å². The van der Waals surface area contributed by atoms with Crippen LogP contribution in [0, 0.1) is 6.92 Å². The van der Waals surface area contributed by atoms with Crippen molar-refractivity contribution in [1.82, 2.24) is 0 Å². The molecule has 0 atom stereocenters. The molecule has 0 aromatic heterocycles. The Balaban J connectivity index is 0.000000612. The lowest BCUT2D eigenvalue weighted by Crippen LogP contribution is -1.92. The van der Waals surface area contributed by atoms with Crippen LogP contribution in [-0.4, -0.2) is 17.5 Å². The van der Waals surface area contributed by atoms with Crippen LogP contribution in [0.1, 0.15) is 28.4 Å². The molecule has 104 valence electrons. The first-order valence-electron chi connectivity index (χ1n) is 6.63. The Kier molecular flexibility index (Phi) is 7.01. The van der Waals surface area contributed by atoms with Gasteiger partial charge in [-0.2, -0.15) is 0 Å². The molecule has 0 fully saturated rings. The maximum atomic E-state index is 11.8. The van der Waals surface area contributed by atoms with Crippen molar-refractivity contribution in [2.75, 3.05) is 6.61 Å². The van der Waals surface area contributed by atoms with E-state index in [1.165, 1.54) is 5.56 Å². The second-order valence-electron chi connectivity index (χ2n) is 4.24. The van der Waals surface area contributed by atoms with Crippen molar-refractivity contribution in [2.45, 2.75) is 13.8 Å². The molecule has 0 aliphatic heterocycles. The van der Waals surface area contributed by atoms with Crippen LogP contribution in [0.2, 0.25) is 0 Å². The molecule has 2 nitrogen and oxygen atoms in total. The summed E-state index contributed by atoms with van der Waals surface area (Å²) >= 11 is 0. The molecule has 2 rings (SSSR count). The summed E-state index contributed by atoms with van der Waals surface area (Å²) in [5, 5.41) is 7.57. The van der Waals surface area contributed by atoms with Crippen LogP contribution in [0.3, 0.4) is 0 Å². The van der Waals surface area contributed by atoms with Crippen LogP contribution in [0.25, 0.3) is 6.08 Å². The quantitative estimate of drug-likeness (QED) is 0.677. The van der Waals surface area contributed by atoms with Crippen molar-refractivity contribution >= 4 is 11.9 Å². The molecule has 0 radical (unpaired) electrons. The summed E-state index contributed by atoms with van der Waals surface area (Å²) in [7, 11) is 0. The Morgan fingerprint density at radius 2 is 1.60 bits per heavy atom. The van der Waals surface area contributed by atoms with E-state index in [1.807, 2.05) is 67.6 Å². The molecule has 0 heterocycles. The summed E-state index contributed by atoms with van der Waals surface area (Å²) in [5.41, 5.74) is 2.97. The molecular formula is C18H20O2. The van der Waals surface area contributed by atoms with E-state index >= 15 is 0 Å². The highest BCUT2D eigenvalue weighted by atomic mass is 16.2. The molecular weight excluding hydrogens is 248 g/mol. The van der Waals surface area contributed by atoms with Gasteiger partial charge < -0.3 is 5.11 Å². The SMILES string of the molecule is CCO.Cc1ccccc1/C=C/C(=O)c1ccccc1. The van der Waals surface area contributed by atoms with Gasteiger partial charge in [0.25, 0.3) is 0 Å². The van der Waals surface area contributed by atoms with Gasteiger partial charge in [-0.15, -0.1) is 0 Å². The first kappa shape index (κ1) is 15.9. The first-order valence-corrected chi connectivity index (χ1v) is 6.63. The lowest BCUT2D eigenvalue weighted by atomic mass is 10.1. The van der Waals surface area contributed by atoms with Gasteiger partial charge in [-0.05, 0) is 31.1 Å². The van der Waals surface area contributed by atoms with Crippen molar-refractivity contribution in [3.05, 3.63) is 77.4 Å². The zero-order valence-corrected chi connectivity index (χ0v) is 11.9. The summed E-state index contributed by atoms with van der Waals surface area (Å²) in [6, 6.07) is 17.3. The third kappa shape index (κ3) is 5.21. The van der Waals surface area contributed by atoms with Crippen LogP contribution in [0.5, 0.6) is 0 Å². The van der Waals surface area contributed by atoms with E-state index in [-0.39, 0.29) is 12.4 Å². The van der Waals surface area contributed by atoms with Gasteiger partial charge in [-0.25, -0.2) is 0 Å². The molecule has 2 aromatic rings. The molecule has 0 spiro atoms. The maximum Gasteiger partial charge on any atom is 0.185 e. The van der Waals surface area contributed by atoms with Gasteiger partial charge in [0.2, 0.25) is 0 Å². The average Bonchev–Trinajstić information content (AvgIpc) is 2.48. The standard InChI is InChI=1S/C16H14O.C2H6O/c1-13-7-5-6-8-14(13)11-12-16(17)15-9-3-2-4-10-15;1-2-3/h2-12H,1H3;3H,2H2,1H3/b12-11+;. The number of aliphatic hydroxyl groups excluding tert-OH is 1. The Hall–Kier alpha value is -2.19. The summed E-state index contributed by atoms with van der Waals surface area (Å²) in [6.07, 6.45) is 3.49. The summed E-state index contributed by atoms with van der Waals surface area (Å²) in [5.74, 6) is 0.0360. The van der Waals surface area contributed by atoms with Crippen LogP contribution in [0.4, 0.5) is 0 Å². The second-order valence-corrected chi connectivity index (χ2v) is 4.24. The van der Waals surface area contributed by atoms with Crippen molar-refractivity contribution < 1.29 is 9.90 Å². The fraction of sp³-hybridized carbons (Fsp3) is 0.167. The van der Waals surface area contributed by atoms with Gasteiger partial charge in [0.05, 0.1) is 0 Å². The average molecular weight is 268 g/mol. The highest BCUT2D eigenvalue weighted by Crippen LogP contribution is 2.10. The predicted molar refractivity (Wildman–Crippen MR) is 83.7 cm³/mol. The fourth-order valence-electron chi connectivity index (χ4n) is 1.64. The lowest BCUT2D eigenvalue weighted by molar-refractivity contribution is 0.104. The Morgan fingerprint density at radius 1 is 1.05 bits per heavy atom. The number of carbonyl (C=O) groups is 1. The van der Waals surface area contributed by atoms with E-state index in [2.05, 4.69) is 0 Å². The molecule has 0 bridgehead atoms. The van der Waals surface area contributed by atoms with Crippen LogP contribution >= 0.6 is 0 Å². The highest BCUT2D eigenvalue weighted by Gasteiger charge is 1.99. The minimum Gasteiger partial charge on any atom is -0.397 e. The van der Waals surface area contributed by atoms with E-state index in [1.54, 1.807) is 13.0 Å². The monoisotopic (exact) mass is 268 g/mol. The number of ketones is 1. The van der Waals surface area contributed by atoms with Crippen LogP contribution in [0.15, 0.2) is 60.7 Å². The third-order valence-corrected chi connectivity index (χ3v) is 2.66. The molecule has 0 saturated carbocycles. The van der Waals surface area contributed by atoms with Gasteiger partial charge in [-0.3, -0.25) is 4.79 Å². The Morgan fingerprint density at radius 3 is 2.20 bits per heavy atom. The topological polar surface area (TPSA) is 37.3 Å². The number of rotatable bonds is 3. The smallest absolute Gasteiger partial charge is 0.185 e. The summed E-state index contributed by atoms with van der Waals surface area (Å²) in [4.78, 5) is 11.8. The van der Waals surface area contributed by atoms with Crippen molar-refractivity contribution in [3.8, 4) is 0 Å². The first-order chi connectivity index (χ1) is 9.69. The molecule has 2 aromatic carbocycles. The predicted octanol–water partition coefficient (Wildman–Crippen LogP) is 3.89. The van der Waals surface area contributed by atoms with E-state index < -0.39 is 0 Å². The molecule has 20 heavy (non-hydrogen) atoms. The number of hydrogen-bond acceptors (Lipinski definition) is 2. The van der Waals surface area contributed by atoms with Crippen molar-refractivity contribution in [3.63, 3.8) is 0 Å². The molecule has 2 heteroatoms.